The maximum atomic E-state index is 13.1. The Morgan fingerprint density at radius 1 is 1.21 bits per heavy atom. The third kappa shape index (κ3) is 2.36. The number of carbonyl (C=O) groups excluding carboxylic acids is 2. The molecule has 0 spiro atoms. The van der Waals surface area contributed by atoms with E-state index in [9.17, 15) is 14.7 Å². The summed E-state index contributed by atoms with van der Waals surface area (Å²) in [4.78, 5) is 26.0. The summed E-state index contributed by atoms with van der Waals surface area (Å²) in [7, 11) is 3.13. The smallest absolute Gasteiger partial charge is 0.340 e. The van der Waals surface area contributed by atoms with Crippen molar-refractivity contribution in [3.05, 3.63) is 24.2 Å². The summed E-state index contributed by atoms with van der Waals surface area (Å²) in [5, 5.41) is 11.6. The molecule has 2 aliphatic heterocycles. The van der Waals surface area contributed by atoms with Gasteiger partial charge in [-0.05, 0) is 49.3 Å². The van der Waals surface area contributed by atoms with E-state index in [1.807, 2.05) is 19.2 Å². The zero-order chi connectivity index (χ0) is 20.6. The van der Waals surface area contributed by atoms with Crippen LogP contribution in [0.2, 0.25) is 0 Å². The summed E-state index contributed by atoms with van der Waals surface area (Å²) in [6, 6.07) is 1.83. The van der Waals surface area contributed by atoms with Gasteiger partial charge in [0.15, 0.2) is 5.60 Å². The highest BCUT2D eigenvalue weighted by atomic mass is 33.1. The van der Waals surface area contributed by atoms with Crippen molar-refractivity contribution in [2.24, 2.45) is 22.7 Å². The fourth-order valence-electron chi connectivity index (χ4n) is 6.83. The first-order chi connectivity index (χ1) is 13.8. The van der Waals surface area contributed by atoms with Gasteiger partial charge < -0.3 is 19.0 Å². The molecule has 2 aliphatic carbocycles. The van der Waals surface area contributed by atoms with Gasteiger partial charge in [-0.25, -0.2) is 4.79 Å². The lowest BCUT2D eigenvalue weighted by molar-refractivity contribution is -0.224. The van der Waals surface area contributed by atoms with E-state index in [0.29, 0.717) is 12.8 Å². The van der Waals surface area contributed by atoms with Crippen molar-refractivity contribution in [1.29, 1.82) is 0 Å². The predicted molar refractivity (Wildman–Crippen MR) is 109 cm³/mol. The van der Waals surface area contributed by atoms with Gasteiger partial charge in [-0.2, -0.15) is 0 Å². The largest absolute Gasteiger partial charge is 0.472 e. The zero-order valence-corrected chi connectivity index (χ0v) is 18.4. The highest BCUT2D eigenvalue weighted by molar-refractivity contribution is 8.76. The van der Waals surface area contributed by atoms with E-state index < -0.39 is 23.1 Å². The second kappa shape index (κ2) is 6.44. The van der Waals surface area contributed by atoms with Crippen LogP contribution in [0.15, 0.2) is 23.0 Å². The van der Waals surface area contributed by atoms with Gasteiger partial charge in [-0.1, -0.05) is 35.4 Å². The number of hydrogen-bond donors (Lipinski definition) is 1. The van der Waals surface area contributed by atoms with E-state index in [0.717, 1.165) is 18.4 Å². The third-order valence-electron chi connectivity index (χ3n) is 8.30. The molecular weight excluding hydrogens is 412 g/mol. The maximum absolute atomic E-state index is 13.1. The summed E-state index contributed by atoms with van der Waals surface area (Å²) in [5.74, 6) is -1.12. The second-order valence-electron chi connectivity index (χ2n) is 9.30. The topological polar surface area (TPSA) is 86.0 Å². The highest BCUT2D eigenvalue weighted by Crippen LogP contribution is 2.70. The molecule has 8 heteroatoms. The molecule has 8 unspecified atom stereocenters. The molecule has 3 heterocycles. The van der Waals surface area contributed by atoms with Crippen LogP contribution in [-0.2, 0) is 19.1 Å². The number of carbonyl (C=O) groups is 2. The van der Waals surface area contributed by atoms with Gasteiger partial charge in [0, 0.05) is 11.0 Å². The van der Waals surface area contributed by atoms with E-state index in [1.54, 1.807) is 34.1 Å². The fraction of sp³-hybridized carbons (Fsp3) is 0.714. The summed E-state index contributed by atoms with van der Waals surface area (Å²) < 4.78 is 16.8. The van der Waals surface area contributed by atoms with Gasteiger partial charge in [-0.15, -0.1) is 0 Å². The van der Waals surface area contributed by atoms with E-state index in [1.165, 1.54) is 0 Å². The Hall–Kier alpha value is -1.12. The van der Waals surface area contributed by atoms with Crippen molar-refractivity contribution in [2.75, 3.05) is 6.26 Å². The first kappa shape index (κ1) is 19.8. The minimum absolute atomic E-state index is 0.0174. The number of esters is 2. The van der Waals surface area contributed by atoms with Crippen molar-refractivity contribution in [3.63, 3.8) is 0 Å². The van der Waals surface area contributed by atoms with Crippen molar-refractivity contribution in [3.8, 4) is 0 Å². The quantitative estimate of drug-likeness (QED) is 0.564. The summed E-state index contributed by atoms with van der Waals surface area (Å²) >= 11 is 0. The van der Waals surface area contributed by atoms with Crippen LogP contribution in [0, 0.1) is 22.7 Å². The molecule has 4 fully saturated rings. The van der Waals surface area contributed by atoms with Crippen LogP contribution >= 0.6 is 21.6 Å². The molecule has 2 saturated heterocycles. The Morgan fingerprint density at radius 3 is 2.69 bits per heavy atom. The lowest BCUT2D eigenvalue weighted by Gasteiger charge is -2.63. The summed E-state index contributed by atoms with van der Waals surface area (Å²) in [5.41, 5.74) is -1.79. The molecule has 158 valence electrons. The van der Waals surface area contributed by atoms with Crippen LogP contribution < -0.4 is 0 Å². The Kier molecular flexibility index (Phi) is 4.40. The molecule has 0 bridgehead atoms. The van der Waals surface area contributed by atoms with E-state index >= 15 is 0 Å². The number of rotatable bonds is 3. The zero-order valence-electron chi connectivity index (χ0n) is 16.8. The molecule has 0 amide bonds. The molecule has 4 aliphatic rings. The van der Waals surface area contributed by atoms with Crippen molar-refractivity contribution < 1.29 is 28.6 Å². The van der Waals surface area contributed by atoms with E-state index in [-0.39, 0.29) is 34.6 Å². The molecule has 8 atom stereocenters. The van der Waals surface area contributed by atoms with Crippen molar-refractivity contribution in [1.82, 2.24) is 0 Å². The summed E-state index contributed by atoms with van der Waals surface area (Å²) in [6.07, 6.45) is 6.97. The Balaban J connectivity index is 1.59. The van der Waals surface area contributed by atoms with E-state index in [4.69, 9.17) is 13.9 Å². The SMILES string of the molecule is CSSC1CCC2C3(C)CC(c4ccoc4)OC(=O)C3CC3OC(=O)C1(O)C32C. The first-order valence-corrected chi connectivity index (χ1v) is 12.7. The number of hydrogen-bond acceptors (Lipinski definition) is 8. The number of cyclic esters (lactones) is 1. The molecule has 1 aromatic rings. The normalized spacial score (nSPS) is 48.5. The Bertz CT molecular complexity index is 842. The second-order valence-corrected chi connectivity index (χ2v) is 12.0. The van der Waals surface area contributed by atoms with Gasteiger partial charge in [-0.3, -0.25) is 4.79 Å². The van der Waals surface area contributed by atoms with Gasteiger partial charge in [0.2, 0.25) is 0 Å². The Morgan fingerprint density at radius 2 is 2.00 bits per heavy atom. The predicted octanol–water partition coefficient (Wildman–Crippen LogP) is 3.75. The molecule has 0 aromatic carbocycles. The van der Waals surface area contributed by atoms with Crippen LogP contribution in [0.1, 0.15) is 51.2 Å². The van der Waals surface area contributed by atoms with Crippen LogP contribution in [-0.4, -0.2) is 40.3 Å². The molecule has 29 heavy (non-hydrogen) atoms. The van der Waals surface area contributed by atoms with Crippen LogP contribution in [0.4, 0.5) is 0 Å². The van der Waals surface area contributed by atoms with Gasteiger partial charge in [0.1, 0.15) is 12.2 Å². The lowest BCUT2D eigenvalue weighted by Crippen LogP contribution is -2.69. The van der Waals surface area contributed by atoms with Crippen LogP contribution in [0.5, 0.6) is 0 Å². The lowest BCUT2D eigenvalue weighted by atomic mass is 9.42. The monoisotopic (exact) mass is 438 g/mol. The average Bonchev–Trinajstić information content (AvgIpc) is 3.27. The first-order valence-electron chi connectivity index (χ1n) is 10.1. The van der Waals surface area contributed by atoms with E-state index in [2.05, 4.69) is 6.92 Å². The molecular formula is C21H26O6S2. The molecule has 6 nitrogen and oxygen atoms in total. The standard InChI is InChI=1S/C21H26O6S2/c1-19-9-13(11-6-7-25-10-11)26-17(22)12(19)8-15-20(2)14(19)4-5-16(29-28-3)21(20,24)18(23)27-15/h6-7,10,12-16,24H,4-5,8-9H2,1-3H3. The Labute approximate surface area is 177 Å². The van der Waals surface area contributed by atoms with Crippen LogP contribution in [0.25, 0.3) is 0 Å². The maximum Gasteiger partial charge on any atom is 0.340 e. The number of aliphatic hydroxyl groups is 1. The molecule has 1 aromatic heterocycles. The molecule has 5 rings (SSSR count). The number of ether oxygens (including phenoxy) is 2. The number of furan rings is 1. The summed E-state index contributed by atoms with van der Waals surface area (Å²) in [6.45, 7) is 4.15. The van der Waals surface area contributed by atoms with Gasteiger partial charge in [0.05, 0.1) is 23.7 Å². The molecule has 1 N–H and O–H groups in total. The van der Waals surface area contributed by atoms with Crippen LogP contribution in [0.3, 0.4) is 0 Å². The highest BCUT2D eigenvalue weighted by Gasteiger charge is 2.78. The molecule has 0 radical (unpaired) electrons. The minimum Gasteiger partial charge on any atom is -0.472 e. The molecule has 2 saturated carbocycles. The van der Waals surface area contributed by atoms with Gasteiger partial charge in [0.25, 0.3) is 0 Å². The minimum atomic E-state index is -1.53. The van der Waals surface area contributed by atoms with Crippen molar-refractivity contribution in [2.45, 2.75) is 62.6 Å². The number of fused-ring (bicyclic) bond motifs is 2. The third-order valence-corrected chi connectivity index (χ3v) is 10.6. The van der Waals surface area contributed by atoms with Gasteiger partial charge >= 0.3 is 11.9 Å². The van der Waals surface area contributed by atoms with Crippen molar-refractivity contribution >= 4 is 33.5 Å². The fourth-order valence-corrected chi connectivity index (χ4v) is 9.18. The average molecular weight is 439 g/mol.